The first-order valence-electron chi connectivity index (χ1n) is 7.66. The third-order valence-corrected chi connectivity index (χ3v) is 7.16. The normalized spacial score (nSPS) is 16.0. The Morgan fingerprint density at radius 3 is 2.79 bits per heavy atom. The number of thioether (sulfide) groups is 1. The number of carbonyl (C=O) groups excluding carboxylic acids is 2. The summed E-state index contributed by atoms with van der Waals surface area (Å²) in [6.45, 7) is 0. The van der Waals surface area contributed by atoms with E-state index in [1.807, 2.05) is 17.5 Å². The lowest BCUT2D eigenvalue weighted by atomic mass is 9.83. The van der Waals surface area contributed by atoms with E-state index >= 15 is 0 Å². The van der Waals surface area contributed by atoms with Gasteiger partial charge in [-0.3, -0.25) is 14.9 Å². The highest BCUT2D eigenvalue weighted by molar-refractivity contribution is 8.01. The number of carbonyl (C=O) groups is 2. The molecular formula is C15H18N4O2S3. The van der Waals surface area contributed by atoms with Crippen molar-refractivity contribution in [1.82, 2.24) is 15.5 Å². The first-order chi connectivity index (χ1) is 11.6. The number of hydrogen-bond donors (Lipinski definition) is 2. The molecule has 9 heteroatoms. The van der Waals surface area contributed by atoms with E-state index < -0.39 is 5.41 Å². The van der Waals surface area contributed by atoms with Gasteiger partial charge in [-0.05, 0) is 24.3 Å². The molecule has 0 unspecified atom stereocenters. The fourth-order valence-electron chi connectivity index (χ4n) is 2.85. The van der Waals surface area contributed by atoms with E-state index in [-0.39, 0.29) is 17.6 Å². The summed E-state index contributed by atoms with van der Waals surface area (Å²) in [5.74, 6) is 0.225. The Morgan fingerprint density at radius 1 is 1.33 bits per heavy atom. The molecule has 0 aromatic carbocycles. The molecule has 1 aliphatic carbocycles. The van der Waals surface area contributed by atoms with Crippen LogP contribution in [0.4, 0.5) is 5.13 Å². The minimum absolute atomic E-state index is 0.00134. The zero-order chi connectivity index (χ0) is 17.0. The molecule has 0 atom stereocenters. The summed E-state index contributed by atoms with van der Waals surface area (Å²) in [5.41, 5.74) is -0.435. The van der Waals surface area contributed by atoms with Gasteiger partial charge in [0, 0.05) is 11.9 Å². The van der Waals surface area contributed by atoms with Crippen LogP contribution in [0.2, 0.25) is 0 Å². The van der Waals surface area contributed by atoms with Gasteiger partial charge in [0.1, 0.15) is 0 Å². The molecule has 2 aromatic rings. The molecule has 24 heavy (non-hydrogen) atoms. The Kier molecular flexibility index (Phi) is 5.52. The summed E-state index contributed by atoms with van der Waals surface area (Å²) in [5, 5.41) is 16.1. The minimum atomic E-state index is -0.435. The van der Waals surface area contributed by atoms with E-state index in [4.69, 9.17) is 0 Å². The molecule has 2 amide bonds. The second-order valence-electron chi connectivity index (χ2n) is 5.56. The molecule has 0 spiro atoms. The zero-order valence-corrected chi connectivity index (χ0v) is 15.7. The Balaban J connectivity index is 1.68. The molecule has 128 valence electrons. The third-order valence-electron chi connectivity index (χ3n) is 4.12. The maximum atomic E-state index is 12.9. The molecule has 6 nitrogen and oxygen atoms in total. The van der Waals surface area contributed by atoms with Crippen LogP contribution in [0.3, 0.4) is 0 Å². The van der Waals surface area contributed by atoms with Crippen molar-refractivity contribution in [1.29, 1.82) is 0 Å². The lowest BCUT2D eigenvalue weighted by Gasteiger charge is -2.25. The largest absolute Gasteiger partial charge is 0.358 e. The quantitative estimate of drug-likeness (QED) is 0.593. The van der Waals surface area contributed by atoms with E-state index in [1.54, 1.807) is 18.4 Å². The maximum Gasteiger partial charge on any atom is 0.237 e. The molecule has 0 bridgehead atoms. The summed E-state index contributed by atoms with van der Waals surface area (Å²) < 4.78 is 0.672. The lowest BCUT2D eigenvalue weighted by Crippen LogP contribution is -2.37. The van der Waals surface area contributed by atoms with Crippen LogP contribution in [0.1, 0.15) is 30.6 Å². The Hall–Kier alpha value is -1.45. The van der Waals surface area contributed by atoms with Crippen molar-refractivity contribution in [2.45, 2.75) is 35.4 Å². The highest BCUT2D eigenvalue weighted by Gasteiger charge is 2.43. The SMILES string of the molecule is CNC(=O)CSc1nnc(NC(=O)C2(c3cccs3)CCCC2)s1. The highest BCUT2D eigenvalue weighted by Crippen LogP contribution is 2.44. The molecule has 1 aliphatic rings. The topological polar surface area (TPSA) is 84.0 Å². The number of hydrogen-bond acceptors (Lipinski definition) is 7. The second-order valence-corrected chi connectivity index (χ2v) is 8.70. The van der Waals surface area contributed by atoms with Gasteiger partial charge in [-0.25, -0.2) is 0 Å². The van der Waals surface area contributed by atoms with Crippen molar-refractivity contribution in [2.24, 2.45) is 0 Å². The van der Waals surface area contributed by atoms with Gasteiger partial charge in [-0.15, -0.1) is 21.5 Å². The molecule has 3 rings (SSSR count). The average Bonchev–Trinajstić information content (AvgIpc) is 3.32. The Labute approximate surface area is 152 Å². The zero-order valence-electron chi connectivity index (χ0n) is 13.2. The van der Waals surface area contributed by atoms with Crippen molar-refractivity contribution >= 4 is 51.4 Å². The molecule has 0 saturated heterocycles. The van der Waals surface area contributed by atoms with E-state index in [0.717, 1.165) is 30.6 Å². The second kappa shape index (κ2) is 7.62. The van der Waals surface area contributed by atoms with Crippen molar-refractivity contribution in [3.8, 4) is 0 Å². The molecule has 0 radical (unpaired) electrons. The van der Waals surface area contributed by atoms with Crippen LogP contribution in [0.15, 0.2) is 21.9 Å². The first-order valence-corrected chi connectivity index (χ1v) is 10.3. The number of anilines is 1. The highest BCUT2D eigenvalue weighted by atomic mass is 32.2. The Morgan fingerprint density at radius 2 is 2.12 bits per heavy atom. The standard InChI is InChI=1S/C15H18N4O2S3/c1-16-11(20)9-23-14-19-18-13(24-14)17-12(21)15(6-2-3-7-15)10-5-4-8-22-10/h4-5,8H,2-3,6-7,9H2,1H3,(H,16,20)(H,17,18,21). The Bertz CT molecular complexity index is 708. The molecule has 1 fully saturated rings. The average molecular weight is 383 g/mol. The number of aromatic nitrogens is 2. The number of nitrogens with one attached hydrogen (secondary N) is 2. The molecule has 2 heterocycles. The first kappa shape index (κ1) is 17.4. The fourth-order valence-corrected chi connectivity index (χ4v) is 5.45. The minimum Gasteiger partial charge on any atom is -0.358 e. The number of amides is 2. The molecular weight excluding hydrogens is 364 g/mol. The summed E-state index contributed by atoms with van der Waals surface area (Å²) in [4.78, 5) is 25.3. The van der Waals surface area contributed by atoms with Crippen LogP contribution in [0.5, 0.6) is 0 Å². The van der Waals surface area contributed by atoms with Gasteiger partial charge in [0.2, 0.25) is 16.9 Å². The smallest absolute Gasteiger partial charge is 0.237 e. The van der Waals surface area contributed by atoms with E-state index in [1.165, 1.54) is 23.1 Å². The van der Waals surface area contributed by atoms with Crippen molar-refractivity contribution < 1.29 is 9.59 Å². The van der Waals surface area contributed by atoms with E-state index in [0.29, 0.717) is 9.47 Å². The number of thiophene rings is 1. The van der Waals surface area contributed by atoms with Gasteiger partial charge in [-0.1, -0.05) is 42.0 Å². The van der Waals surface area contributed by atoms with Gasteiger partial charge in [0.05, 0.1) is 11.2 Å². The van der Waals surface area contributed by atoms with Crippen LogP contribution < -0.4 is 10.6 Å². The summed E-state index contributed by atoms with van der Waals surface area (Å²) in [6, 6.07) is 4.03. The molecule has 2 N–H and O–H groups in total. The van der Waals surface area contributed by atoms with Crippen LogP contribution in [-0.4, -0.2) is 34.8 Å². The number of nitrogens with zero attached hydrogens (tertiary/aromatic N) is 2. The van der Waals surface area contributed by atoms with E-state index in [9.17, 15) is 9.59 Å². The van der Waals surface area contributed by atoms with Crippen LogP contribution in [0.25, 0.3) is 0 Å². The third kappa shape index (κ3) is 3.62. The number of rotatable bonds is 6. The maximum absolute atomic E-state index is 12.9. The van der Waals surface area contributed by atoms with Crippen molar-refractivity contribution in [3.05, 3.63) is 22.4 Å². The predicted octanol–water partition coefficient (Wildman–Crippen LogP) is 2.89. The van der Waals surface area contributed by atoms with Gasteiger partial charge >= 0.3 is 0 Å². The monoisotopic (exact) mass is 382 g/mol. The molecule has 2 aromatic heterocycles. The summed E-state index contributed by atoms with van der Waals surface area (Å²) >= 11 is 4.25. The summed E-state index contributed by atoms with van der Waals surface area (Å²) in [7, 11) is 1.60. The predicted molar refractivity (Wildman–Crippen MR) is 97.8 cm³/mol. The lowest BCUT2D eigenvalue weighted by molar-refractivity contribution is -0.121. The fraction of sp³-hybridized carbons (Fsp3) is 0.467. The van der Waals surface area contributed by atoms with Crippen molar-refractivity contribution in [2.75, 3.05) is 18.1 Å². The van der Waals surface area contributed by atoms with Gasteiger partial charge < -0.3 is 5.32 Å². The molecule has 0 aliphatic heterocycles. The van der Waals surface area contributed by atoms with Crippen LogP contribution >= 0.6 is 34.4 Å². The van der Waals surface area contributed by atoms with Gasteiger partial charge in [0.25, 0.3) is 0 Å². The van der Waals surface area contributed by atoms with Gasteiger partial charge in [0.15, 0.2) is 4.34 Å². The van der Waals surface area contributed by atoms with Crippen LogP contribution in [0, 0.1) is 0 Å². The van der Waals surface area contributed by atoms with Crippen LogP contribution in [-0.2, 0) is 15.0 Å². The van der Waals surface area contributed by atoms with Crippen molar-refractivity contribution in [3.63, 3.8) is 0 Å². The molecule has 1 saturated carbocycles. The van der Waals surface area contributed by atoms with E-state index in [2.05, 4.69) is 20.8 Å². The van der Waals surface area contributed by atoms with Gasteiger partial charge in [-0.2, -0.15) is 0 Å². The summed E-state index contributed by atoms with van der Waals surface area (Å²) in [6.07, 6.45) is 3.87.